The number of hydrogen-bond acceptors (Lipinski definition) is 5. The van der Waals surface area contributed by atoms with Crippen LogP contribution in [0.15, 0.2) is 42.7 Å². The molecule has 1 fully saturated rings. The van der Waals surface area contributed by atoms with Crippen LogP contribution in [0.5, 0.6) is 5.75 Å². The smallest absolute Gasteiger partial charge is 0.154 e. The molecular weight excluding hydrogens is 366 g/mol. The monoisotopic (exact) mass is 395 g/mol. The van der Waals surface area contributed by atoms with E-state index in [2.05, 4.69) is 16.9 Å². The lowest BCUT2D eigenvalue weighted by atomic mass is 9.91. The van der Waals surface area contributed by atoms with Crippen molar-refractivity contribution in [1.29, 1.82) is 5.41 Å². The third-order valence-electron chi connectivity index (χ3n) is 6.15. The summed E-state index contributed by atoms with van der Waals surface area (Å²) in [5, 5.41) is 8.35. The van der Waals surface area contributed by atoms with Crippen molar-refractivity contribution in [3.63, 3.8) is 0 Å². The Morgan fingerprint density at radius 1 is 1.28 bits per heavy atom. The van der Waals surface area contributed by atoms with Gasteiger partial charge in [-0.2, -0.15) is 0 Å². The van der Waals surface area contributed by atoms with Gasteiger partial charge >= 0.3 is 0 Å². The van der Waals surface area contributed by atoms with Gasteiger partial charge in [0.05, 0.1) is 37.7 Å². The number of fused-ring (bicyclic) bond motifs is 1. The molecule has 0 amide bonds. The molecule has 0 saturated heterocycles. The topological polar surface area (TPSA) is 102 Å². The Morgan fingerprint density at radius 3 is 2.79 bits per heavy atom. The van der Waals surface area contributed by atoms with Gasteiger partial charge in [-0.15, -0.1) is 0 Å². The maximum Gasteiger partial charge on any atom is 0.154 e. The lowest BCUT2D eigenvalue weighted by molar-refractivity contribution is 0.0401. The summed E-state index contributed by atoms with van der Waals surface area (Å²) >= 11 is 0. The SMILES string of the molecule is CC[C@H]1C[C@@H](OCc2ccc(OC)cc2)C[C@@H]1C(N)n1c(=N)cnc2[nH]ccc21. The summed E-state index contributed by atoms with van der Waals surface area (Å²) in [6.07, 6.45) is 6.26. The molecular formula is C22H29N5O2. The first-order chi connectivity index (χ1) is 14.1. The van der Waals surface area contributed by atoms with E-state index in [9.17, 15) is 0 Å². The third kappa shape index (κ3) is 3.93. The minimum absolute atomic E-state index is 0.177. The fourth-order valence-electron chi connectivity index (χ4n) is 4.54. The van der Waals surface area contributed by atoms with Crippen LogP contribution in [0.3, 0.4) is 0 Å². The Kier molecular flexibility index (Phi) is 5.69. The minimum Gasteiger partial charge on any atom is -0.497 e. The second-order valence-electron chi connectivity index (χ2n) is 7.80. The van der Waals surface area contributed by atoms with E-state index in [1.54, 1.807) is 13.3 Å². The number of benzene rings is 1. The average Bonchev–Trinajstić information content (AvgIpc) is 3.38. The van der Waals surface area contributed by atoms with Crippen LogP contribution in [-0.2, 0) is 11.3 Å². The fourth-order valence-corrected chi connectivity index (χ4v) is 4.54. The van der Waals surface area contributed by atoms with E-state index >= 15 is 0 Å². The van der Waals surface area contributed by atoms with Crippen LogP contribution in [-0.4, -0.2) is 27.7 Å². The molecule has 0 spiro atoms. The van der Waals surface area contributed by atoms with Gasteiger partial charge in [0.1, 0.15) is 11.2 Å². The summed E-state index contributed by atoms with van der Waals surface area (Å²) < 4.78 is 13.4. The van der Waals surface area contributed by atoms with Crippen LogP contribution in [0, 0.1) is 17.2 Å². The molecule has 0 bridgehead atoms. The second kappa shape index (κ2) is 8.39. The number of aromatic nitrogens is 3. The molecule has 7 heteroatoms. The van der Waals surface area contributed by atoms with Gasteiger partial charge in [-0.1, -0.05) is 25.5 Å². The lowest BCUT2D eigenvalue weighted by Gasteiger charge is -2.27. The highest BCUT2D eigenvalue weighted by molar-refractivity contribution is 5.70. The van der Waals surface area contributed by atoms with E-state index in [-0.39, 0.29) is 18.2 Å². The molecule has 0 radical (unpaired) electrons. The zero-order chi connectivity index (χ0) is 20.4. The lowest BCUT2D eigenvalue weighted by Crippen LogP contribution is -2.37. The zero-order valence-electron chi connectivity index (χ0n) is 17.0. The van der Waals surface area contributed by atoms with Gasteiger partial charge in [0.15, 0.2) is 5.65 Å². The summed E-state index contributed by atoms with van der Waals surface area (Å²) in [7, 11) is 1.67. The summed E-state index contributed by atoms with van der Waals surface area (Å²) in [4.78, 5) is 7.40. The molecule has 154 valence electrons. The van der Waals surface area contributed by atoms with Crippen molar-refractivity contribution in [3.8, 4) is 5.75 Å². The van der Waals surface area contributed by atoms with Crippen LogP contribution < -0.4 is 16.0 Å². The van der Waals surface area contributed by atoms with Crippen molar-refractivity contribution >= 4 is 11.2 Å². The molecule has 1 unspecified atom stereocenters. The molecule has 1 aromatic carbocycles. The maximum absolute atomic E-state index is 8.35. The first kappa shape index (κ1) is 19.7. The number of nitrogens with zero attached hydrogens (tertiary/aromatic N) is 2. The summed E-state index contributed by atoms with van der Waals surface area (Å²) in [6, 6.07) is 9.93. The molecule has 3 aromatic rings. The van der Waals surface area contributed by atoms with Crippen LogP contribution in [0.2, 0.25) is 0 Å². The standard InChI is InChI=1S/C22H29N5O2/c1-3-15-10-17(29-13-14-4-6-16(28-2)7-5-14)11-18(15)21(24)27-19-8-9-25-22(19)26-12-20(27)23/h4-9,12,15,17-18,21,23,25H,3,10-11,13,24H2,1-2H3/t15-,17+,18-,21?/m0/s1. The number of hydrogen-bond donors (Lipinski definition) is 3. The molecule has 4 N–H and O–H groups in total. The van der Waals surface area contributed by atoms with Gasteiger partial charge in [-0.05, 0) is 48.4 Å². The number of H-pyrrole nitrogens is 1. The van der Waals surface area contributed by atoms with E-state index in [0.29, 0.717) is 18.0 Å². The first-order valence-electron chi connectivity index (χ1n) is 10.2. The highest BCUT2D eigenvalue weighted by Gasteiger charge is 2.38. The summed E-state index contributed by atoms with van der Waals surface area (Å²) in [5.74, 6) is 1.58. The number of nitrogens with one attached hydrogen (secondary N) is 2. The molecule has 2 aromatic heterocycles. The van der Waals surface area contributed by atoms with Crippen molar-refractivity contribution < 1.29 is 9.47 Å². The van der Waals surface area contributed by atoms with Crippen molar-refractivity contribution in [3.05, 3.63) is 53.8 Å². The Balaban J connectivity index is 1.48. The summed E-state index contributed by atoms with van der Waals surface area (Å²) in [5.41, 5.74) is 9.83. The Labute approximate surface area is 170 Å². The third-order valence-corrected chi connectivity index (χ3v) is 6.15. The Hall–Kier alpha value is -2.64. The van der Waals surface area contributed by atoms with E-state index < -0.39 is 0 Å². The molecule has 4 atom stereocenters. The molecule has 0 aliphatic heterocycles. The van der Waals surface area contributed by atoms with Crippen LogP contribution in [0.1, 0.15) is 37.9 Å². The molecule has 1 aliphatic carbocycles. The molecule has 7 nitrogen and oxygen atoms in total. The van der Waals surface area contributed by atoms with Crippen molar-refractivity contribution in [2.75, 3.05) is 7.11 Å². The zero-order valence-corrected chi connectivity index (χ0v) is 17.0. The molecule has 2 heterocycles. The van der Waals surface area contributed by atoms with Gasteiger partial charge in [0.2, 0.25) is 0 Å². The van der Waals surface area contributed by atoms with Crippen LogP contribution in [0.4, 0.5) is 0 Å². The van der Waals surface area contributed by atoms with Crippen molar-refractivity contribution in [2.45, 2.75) is 45.1 Å². The van der Waals surface area contributed by atoms with E-state index in [4.69, 9.17) is 20.6 Å². The predicted molar refractivity (Wildman–Crippen MR) is 111 cm³/mol. The Bertz CT molecular complexity index is 1010. The molecule has 1 aliphatic rings. The van der Waals surface area contributed by atoms with Gasteiger partial charge in [-0.3, -0.25) is 5.41 Å². The van der Waals surface area contributed by atoms with E-state index in [1.165, 1.54) is 0 Å². The second-order valence-corrected chi connectivity index (χ2v) is 7.80. The molecule has 4 rings (SSSR count). The summed E-state index contributed by atoms with van der Waals surface area (Å²) in [6.45, 7) is 2.79. The highest BCUT2D eigenvalue weighted by Crippen LogP contribution is 2.41. The highest BCUT2D eigenvalue weighted by atomic mass is 16.5. The number of nitrogens with two attached hydrogens (primary N) is 1. The molecule has 29 heavy (non-hydrogen) atoms. The number of ether oxygens (including phenoxy) is 2. The quantitative estimate of drug-likeness (QED) is 0.571. The van der Waals surface area contributed by atoms with Crippen LogP contribution >= 0.6 is 0 Å². The normalized spacial score (nSPS) is 22.8. The van der Waals surface area contributed by atoms with Gasteiger partial charge < -0.3 is 24.8 Å². The minimum atomic E-state index is -0.275. The van der Waals surface area contributed by atoms with Crippen molar-refractivity contribution in [2.24, 2.45) is 17.6 Å². The average molecular weight is 396 g/mol. The van der Waals surface area contributed by atoms with E-state index in [0.717, 1.165) is 41.7 Å². The van der Waals surface area contributed by atoms with Gasteiger partial charge in [-0.25, -0.2) is 4.98 Å². The largest absolute Gasteiger partial charge is 0.497 e. The fraction of sp³-hybridized carbons (Fsp3) is 0.455. The number of aromatic amines is 1. The van der Waals surface area contributed by atoms with Crippen LogP contribution in [0.25, 0.3) is 11.2 Å². The van der Waals surface area contributed by atoms with Gasteiger partial charge in [0.25, 0.3) is 0 Å². The Morgan fingerprint density at radius 2 is 2.07 bits per heavy atom. The maximum atomic E-state index is 8.35. The first-order valence-corrected chi connectivity index (χ1v) is 10.2. The number of rotatable bonds is 7. The molecule has 1 saturated carbocycles. The number of methoxy groups -OCH3 is 1. The predicted octanol–water partition coefficient (Wildman–Crippen LogP) is 3.33. The van der Waals surface area contributed by atoms with Crippen molar-refractivity contribution in [1.82, 2.24) is 14.5 Å². The van der Waals surface area contributed by atoms with E-state index in [1.807, 2.05) is 41.1 Å². The van der Waals surface area contributed by atoms with Gasteiger partial charge in [0, 0.05) is 6.20 Å².